The van der Waals surface area contributed by atoms with Crippen LogP contribution in [0, 0.1) is 0 Å². The predicted octanol–water partition coefficient (Wildman–Crippen LogP) is 2.01. The Labute approximate surface area is 85.7 Å². The molecule has 0 aromatic carbocycles. The first kappa shape index (κ1) is 11.0. The molecule has 1 atom stereocenters. The van der Waals surface area contributed by atoms with Crippen LogP contribution < -0.4 is 11.1 Å². The molecule has 1 unspecified atom stereocenters. The number of hydrogen-bond acceptors (Lipinski definition) is 3. The van der Waals surface area contributed by atoms with E-state index in [2.05, 4.69) is 24.1 Å². The smallest absolute Gasteiger partial charge is 0.126 e. The Bertz CT molecular complexity index is 260. The van der Waals surface area contributed by atoms with E-state index in [0.29, 0.717) is 6.54 Å². The summed E-state index contributed by atoms with van der Waals surface area (Å²) in [4.78, 5) is 4.24. The van der Waals surface area contributed by atoms with Crippen molar-refractivity contribution >= 4 is 5.82 Å². The average Bonchev–Trinajstić information content (AvgIpc) is 2.20. The van der Waals surface area contributed by atoms with Crippen molar-refractivity contribution in [2.75, 3.05) is 11.9 Å². The predicted molar refractivity (Wildman–Crippen MR) is 60.2 cm³/mol. The summed E-state index contributed by atoms with van der Waals surface area (Å²) >= 11 is 0. The summed E-state index contributed by atoms with van der Waals surface area (Å²) in [6.45, 7) is 5.03. The van der Waals surface area contributed by atoms with Crippen molar-refractivity contribution in [1.82, 2.24) is 4.98 Å². The fraction of sp³-hybridized carbons (Fsp3) is 0.545. The van der Waals surface area contributed by atoms with Gasteiger partial charge in [-0.3, -0.25) is 0 Å². The van der Waals surface area contributed by atoms with Crippen LogP contribution in [0.15, 0.2) is 24.4 Å². The summed E-state index contributed by atoms with van der Waals surface area (Å²) in [5, 5.41) is 3.41. The third kappa shape index (κ3) is 3.00. The van der Waals surface area contributed by atoms with Gasteiger partial charge < -0.3 is 11.1 Å². The van der Waals surface area contributed by atoms with Gasteiger partial charge in [-0.1, -0.05) is 13.0 Å². The molecule has 1 aromatic heterocycles. The van der Waals surface area contributed by atoms with Crippen molar-refractivity contribution in [3.8, 4) is 0 Å². The summed E-state index contributed by atoms with van der Waals surface area (Å²) in [6.07, 6.45) is 3.79. The van der Waals surface area contributed by atoms with E-state index in [0.717, 1.165) is 18.7 Å². The Morgan fingerprint density at radius 1 is 1.50 bits per heavy atom. The zero-order chi connectivity index (χ0) is 10.4. The second-order valence-corrected chi connectivity index (χ2v) is 3.79. The zero-order valence-electron chi connectivity index (χ0n) is 8.96. The standard InChI is InChI=1S/C11H19N3/c1-3-11(2,7-8-12)14-10-6-4-5-9-13-10/h4-6,9H,3,7-8,12H2,1-2H3,(H,13,14). The second-order valence-electron chi connectivity index (χ2n) is 3.79. The minimum atomic E-state index is 0.0586. The van der Waals surface area contributed by atoms with Gasteiger partial charge in [-0.2, -0.15) is 0 Å². The molecule has 1 rings (SSSR count). The SMILES string of the molecule is CCC(C)(CCN)Nc1ccccn1. The highest BCUT2D eigenvalue weighted by Gasteiger charge is 2.20. The molecule has 0 radical (unpaired) electrons. The quantitative estimate of drug-likeness (QED) is 0.752. The maximum absolute atomic E-state index is 5.58. The van der Waals surface area contributed by atoms with Gasteiger partial charge in [0, 0.05) is 11.7 Å². The van der Waals surface area contributed by atoms with Crippen molar-refractivity contribution in [3.05, 3.63) is 24.4 Å². The topological polar surface area (TPSA) is 50.9 Å². The first-order chi connectivity index (χ1) is 6.70. The largest absolute Gasteiger partial charge is 0.365 e. The van der Waals surface area contributed by atoms with Crippen LogP contribution in [-0.4, -0.2) is 17.1 Å². The van der Waals surface area contributed by atoms with Crippen molar-refractivity contribution in [2.45, 2.75) is 32.2 Å². The average molecular weight is 193 g/mol. The van der Waals surface area contributed by atoms with Gasteiger partial charge in [-0.25, -0.2) is 4.98 Å². The van der Waals surface area contributed by atoms with Crippen LogP contribution in [0.5, 0.6) is 0 Å². The molecule has 3 nitrogen and oxygen atoms in total. The zero-order valence-corrected chi connectivity index (χ0v) is 8.96. The maximum Gasteiger partial charge on any atom is 0.126 e. The molecule has 3 heteroatoms. The highest BCUT2D eigenvalue weighted by molar-refractivity contribution is 5.36. The van der Waals surface area contributed by atoms with Crippen LogP contribution in [0.2, 0.25) is 0 Å². The minimum Gasteiger partial charge on any atom is -0.365 e. The number of hydrogen-bond donors (Lipinski definition) is 2. The third-order valence-corrected chi connectivity index (χ3v) is 2.57. The summed E-state index contributed by atoms with van der Waals surface area (Å²) in [5.41, 5.74) is 5.64. The van der Waals surface area contributed by atoms with Gasteiger partial charge in [-0.05, 0) is 38.4 Å². The van der Waals surface area contributed by atoms with E-state index >= 15 is 0 Å². The van der Waals surface area contributed by atoms with E-state index in [4.69, 9.17) is 5.73 Å². The van der Waals surface area contributed by atoms with Crippen LogP contribution in [0.4, 0.5) is 5.82 Å². The van der Waals surface area contributed by atoms with Crippen molar-refractivity contribution < 1.29 is 0 Å². The van der Waals surface area contributed by atoms with Gasteiger partial charge in [0.1, 0.15) is 5.82 Å². The number of nitrogens with zero attached hydrogens (tertiary/aromatic N) is 1. The Morgan fingerprint density at radius 2 is 2.29 bits per heavy atom. The summed E-state index contributed by atoms with van der Waals surface area (Å²) < 4.78 is 0. The van der Waals surface area contributed by atoms with Crippen LogP contribution in [0.3, 0.4) is 0 Å². The molecule has 0 saturated carbocycles. The van der Waals surface area contributed by atoms with Gasteiger partial charge in [0.05, 0.1) is 0 Å². The van der Waals surface area contributed by atoms with Gasteiger partial charge in [0.25, 0.3) is 0 Å². The summed E-state index contributed by atoms with van der Waals surface area (Å²) in [7, 11) is 0. The lowest BCUT2D eigenvalue weighted by molar-refractivity contribution is 0.462. The van der Waals surface area contributed by atoms with Crippen molar-refractivity contribution in [3.63, 3.8) is 0 Å². The molecule has 0 bridgehead atoms. The van der Waals surface area contributed by atoms with Crippen LogP contribution in [0.1, 0.15) is 26.7 Å². The number of pyridine rings is 1. The molecule has 14 heavy (non-hydrogen) atoms. The van der Waals surface area contributed by atoms with Crippen molar-refractivity contribution in [1.29, 1.82) is 0 Å². The monoisotopic (exact) mass is 193 g/mol. The molecule has 1 heterocycles. The second kappa shape index (κ2) is 4.96. The lowest BCUT2D eigenvalue weighted by atomic mass is 9.94. The van der Waals surface area contributed by atoms with Crippen molar-refractivity contribution in [2.24, 2.45) is 5.73 Å². The number of nitrogens with two attached hydrogens (primary N) is 1. The van der Waals surface area contributed by atoms with E-state index in [1.807, 2.05) is 18.2 Å². The summed E-state index contributed by atoms with van der Waals surface area (Å²) in [5.74, 6) is 0.922. The Kier molecular flexibility index (Phi) is 3.89. The van der Waals surface area contributed by atoms with E-state index in [9.17, 15) is 0 Å². The molecular weight excluding hydrogens is 174 g/mol. The first-order valence-electron chi connectivity index (χ1n) is 5.09. The van der Waals surface area contributed by atoms with Crippen LogP contribution >= 0.6 is 0 Å². The van der Waals surface area contributed by atoms with E-state index in [1.165, 1.54) is 0 Å². The van der Waals surface area contributed by atoms with Crippen LogP contribution in [-0.2, 0) is 0 Å². The maximum atomic E-state index is 5.58. The molecule has 0 amide bonds. The highest BCUT2D eigenvalue weighted by Crippen LogP contribution is 2.19. The molecule has 78 valence electrons. The lowest BCUT2D eigenvalue weighted by Crippen LogP contribution is -2.36. The molecule has 0 aliphatic heterocycles. The Morgan fingerprint density at radius 3 is 2.79 bits per heavy atom. The molecule has 0 saturated heterocycles. The third-order valence-electron chi connectivity index (χ3n) is 2.57. The first-order valence-corrected chi connectivity index (χ1v) is 5.09. The van der Waals surface area contributed by atoms with Gasteiger partial charge in [-0.15, -0.1) is 0 Å². The van der Waals surface area contributed by atoms with E-state index in [-0.39, 0.29) is 5.54 Å². The fourth-order valence-electron chi connectivity index (χ4n) is 1.39. The molecule has 0 fully saturated rings. The van der Waals surface area contributed by atoms with Gasteiger partial charge in [0.15, 0.2) is 0 Å². The van der Waals surface area contributed by atoms with Crippen LogP contribution in [0.25, 0.3) is 0 Å². The van der Waals surface area contributed by atoms with E-state index in [1.54, 1.807) is 6.20 Å². The number of anilines is 1. The molecule has 3 N–H and O–H groups in total. The Balaban J connectivity index is 2.65. The number of aromatic nitrogens is 1. The number of nitrogens with one attached hydrogen (secondary N) is 1. The lowest BCUT2D eigenvalue weighted by Gasteiger charge is -2.29. The molecule has 1 aromatic rings. The van der Waals surface area contributed by atoms with Gasteiger partial charge >= 0.3 is 0 Å². The normalized spacial score (nSPS) is 14.8. The fourth-order valence-corrected chi connectivity index (χ4v) is 1.39. The molecular formula is C11H19N3. The Hall–Kier alpha value is -1.09. The molecule has 0 aliphatic carbocycles. The van der Waals surface area contributed by atoms with E-state index < -0.39 is 0 Å². The van der Waals surface area contributed by atoms with Gasteiger partial charge in [0.2, 0.25) is 0 Å². The summed E-state index contributed by atoms with van der Waals surface area (Å²) in [6, 6.07) is 5.87. The minimum absolute atomic E-state index is 0.0586. The highest BCUT2D eigenvalue weighted by atomic mass is 15.0. The number of rotatable bonds is 5. The molecule has 0 aliphatic rings. The molecule has 0 spiro atoms.